The molecule has 2 aliphatic heterocycles. The van der Waals surface area contributed by atoms with E-state index in [1.807, 2.05) is 27.7 Å². The summed E-state index contributed by atoms with van der Waals surface area (Å²) in [6.07, 6.45) is 8.53. The van der Waals surface area contributed by atoms with Crippen molar-refractivity contribution in [3.63, 3.8) is 0 Å². The predicted octanol–water partition coefficient (Wildman–Crippen LogP) is 4.57. The Bertz CT molecular complexity index is 834. The van der Waals surface area contributed by atoms with Crippen LogP contribution in [0.4, 0.5) is 0 Å². The number of ether oxygens (including phenoxy) is 4. The van der Waals surface area contributed by atoms with Crippen molar-refractivity contribution in [3.8, 4) is 0 Å². The van der Waals surface area contributed by atoms with E-state index >= 15 is 0 Å². The fourth-order valence-electron chi connectivity index (χ4n) is 9.08. The fraction of sp³-hybridized carbons (Fsp3) is 0.923. The number of aliphatic hydroxyl groups is 1. The van der Waals surface area contributed by atoms with Crippen molar-refractivity contribution >= 4 is 0 Å². The minimum atomic E-state index is -0.562. The van der Waals surface area contributed by atoms with Gasteiger partial charge in [-0.2, -0.15) is 0 Å². The Morgan fingerprint density at radius 3 is 2.39 bits per heavy atom. The topological polar surface area (TPSA) is 57.2 Å². The Morgan fingerprint density at radius 1 is 0.935 bits per heavy atom. The molecule has 0 aromatic rings. The molecule has 2 spiro atoms. The molecule has 0 unspecified atom stereocenters. The molecule has 6 rings (SSSR count). The molecule has 174 valence electrons. The molecule has 5 fully saturated rings. The first-order chi connectivity index (χ1) is 14.4. The van der Waals surface area contributed by atoms with Crippen molar-refractivity contribution in [1.29, 1.82) is 0 Å². The maximum atomic E-state index is 11.6. The minimum absolute atomic E-state index is 0.00638. The monoisotopic (exact) mass is 432 g/mol. The standard InChI is InChI=1S/C26H40O5/c1-21(2)28-14-23(5)18-8-7-16-20(27)17-13-25(16,24(18,6)10-9-19(23)30-21)11-12-26(17)15-29-22(3,4)31-26/h7,17-20,27H,8-15H2,1-6H3/t17-,18-,19+,20-,23-,24-,25-,26-/m0/s1. The van der Waals surface area contributed by atoms with E-state index in [4.69, 9.17) is 18.9 Å². The van der Waals surface area contributed by atoms with Crippen LogP contribution in [-0.2, 0) is 18.9 Å². The van der Waals surface area contributed by atoms with Crippen molar-refractivity contribution in [2.45, 2.75) is 109 Å². The Morgan fingerprint density at radius 2 is 1.68 bits per heavy atom. The zero-order chi connectivity index (χ0) is 22.1. The van der Waals surface area contributed by atoms with Gasteiger partial charge in [0.15, 0.2) is 11.6 Å². The van der Waals surface area contributed by atoms with Gasteiger partial charge in [-0.05, 0) is 83.1 Å². The van der Waals surface area contributed by atoms with Gasteiger partial charge in [0.05, 0.1) is 25.4 Å². The summed E-state index contributed by atoms with van der Waals surface area (Å²) in [5.41, 5.74) is 1.17. The van der Waals surface area contributed by atoms with Gasteiger partial charge in [-0.25, -0.2) is 0 Å². The highest BCUT2D eigenvalue weighted by Gasteiger charge is 2.73. The van der Waals surface area contributed by atoms with Gasteiger partial charge in [-0.15, -0.1) is 0 Å². The number of allylic oxidation sites excluding steroid dienone is 1. The predicted molar refractivity (Wildman–Crippen MR) is 116 cm³/mol. The molecule has 0 aromatic carbocycles. The fourth-order valence-corrected chi connectivity index (χ4v) is 9.08. The maximum Gasteiger partial charge on any atom is 0.163 e. The van der Waals surface area contributed by atoms with Crippen LogP contribution in [-0.4, -0.2) is 47.7 Å². The third-order valence-corrected chi connectivity index (χ3v) is 10.6. The van der Waals surface area contributed by atoms with E-state index in [9.17, 15) is 5.11 Å². The molecule has 31 heavy (non-hydrogen) atoms. The first-order valence-corrected chi connectivity index (χ1v) is 12.4. The summed E-state index contributed by atoms with van der Waals surface area (Å²) in [4.78, 5) is 0. The van der Waals surface area contributed by atoms with E-state index in [1.165, 1.54) is 5.57 Å². The molecule has 2 saturated heterocycles. The molecule has 3 saturated carbocycles. The molecule has 6 aliphatic rings. The lowest BCUT2D eigenvalue weighted by atomic mass is 9.41. The third-order valence-electron chi connectivity index (χ3n) is 10.6. The summed E-state index contributed by atoms with van der Waals surface area (Å²) < 4.78 is 25.3. The van der Waals surface area contributed by atoms with Crippen LogP contribution in [0.15, 0.2) is 11.6 Å². The molecule has 2 bridgehead atoms. The molecule has 0 amide bonds. The summed E-state index contributed by atoms with van der Waals surface area (Å²) in [5, 5.41) is 11.6. The summed E-state index contributed by atoms with van der Waals surface area (Å²) in [7, 11) is 0. The summed E-state index contributed by atoms with van der Waals surface area (Å²) in [5.74, 6) is -0.442. The Balaban J connectivity index is 1.38. The van der Waals surface area contributed by atoms with E-state index in [0.29, 0.717) is 12.5 Å². The number of aliphatic hydroxyl groups excluding tert-OH is 1. The van der Waals surface area contributed by atoms with Crippen LogP contribution >= 0.6 is 0 Å². The third kappa shape index (κ3) is 2.51. The minimum Gasteiger partial charge on any atom is -0.388 e. The number of rotatable bonds is 0. The van der Waals surface area contributed by atoms with Crippen LogP contribution in [0.25, 0.3) is 0 Å². The van der Waals surface area contributed by atoms with Crippen LogP contribution in [0, 0.1) is 28.1 Å². The molecular weight excluding hydrogens is 392 g/mol. The van der Waals surface area contributed by atoms with Gasteiger partial charge in [0, 0.05) is 16.7 Å². The first-order valence-electron chi connectivity index (χ1n) is 12.4. The Kier molecular flexibility index (Phi) is 4.06. The van der Waals surface area contributed by atoms with Gasteiger partial charge in [0.25, 0.3) is 0 Å². The molecule has 5 heteroatoms. The van der Waals surface area contributed by atoms with Crippen LogP contribution in [0.3, 0.4) is 0 Å². The van der Waals surface area contributed by atoms with Crippen molar-refractivity contribution in [1.82, 2.24) is 0 Å². The average molecular weight is 433 g/mol. The van der Waals surface area contributed by atoms with E-state index in [-0.39, 0.29) is 33.9 Å². The summed E-state index contributed by atoms with van der Waals surface area (Å²) >= 11 is 0. The zero-order valence-corrected chi connectivity index (χ0v) is 20.1. The second kappa shape index (κ2) is 5.96. The summed E-state index contributed by atoms with van der Waals surface area (Å²) in [6.45, 7) is 14.4. The van der Waals surface area contributed by atoms with Crippen LogP contribution in [0.1, 0.15) is 80.1 Å². The summed E-state index contributed by atoms with van der Waals surface area (Å²) in [6, 6.07) is 0. The number of fused-ring (bicyclic) bond motifs is 5. The molecule has 8 atom stereocenters. The van der Waals surface area contributed by atoms with Gasteiger partial charge in [-0.3, -0.25) is 0 Å². The van der Waals surface area contributed by atoms with Crippen LogP contribution < -0.4 is 0 Å². The van der Waals surface area contributed by atoms with Crippen LogP contribution in [0.2, 0.25) is 0 Å². The van der Waals surface area contributed by atoms with Gasteiger partial charge >= 0.3 is 0 Å². The first kappa shape index (κ1) is 21.1. The molecule has 0 aromatic heterocycles. The van der Waals surface area contributed by atoms with Gasteiger partial charge in [-0.1, -0.05) is 19.9 Å². The second-order valence-electron chi connectivity index (χ2n) is 12.9. The molecule has 1 N–H and O–H groups in total. The van der Waals surface area contributed by atoms with E-state index in [1.54, 1.807) is 0 Å². The zero-order valence-electron chi connectivity index (χ0n) is 20.1. The van der Waals surface area contributed by atoms with Gasteiger partial charge in [0.1, 0.15) is 5.60 Å². The highest BCUT2D eigenvalue weighted by Crippen LogP contribution is 2.75. The Labute approximate surface area is 186 Å². The molecule has 5 nitrogen and oxygen atoms in total. The van der Waals surface area contributed by atoms with Crippen molar-refractivity contribution in [2.24, 2.45) is 28.1 Å². The van der Waals surface area contributed by atoms with Crippen molar-refractivity contribution < 1.29 is 24.1 Å². The van der Waals surface area contributed by atoms with E-state index in [0.717, 1.165) is 45.1 Å². The van der Waals surface area contributed by atoms with Gasteiger partial charge in [0.2, 0.25) is 0 Å². The van der Waals surface area contributed by atoms with Gasteiger partial charge < -0.3 is 24.1 Å². The quantitative estimate of drug-likeness (QED) is 0.568. The smallest absolute Gasteiger partial charge is 0.163 e. The normalized spacial score (nSPS) is 56.5. The van der Waals surface area contributed by atoms with Crippen LogP contribution in [0.5, 0.6) is 0 Å². The van der Waals surface area contributed by atoms with Crippen molar-refractivity contribution in [3.05, 3.63) is 11.6 Å². The number of hydrogen-bond donors (Lipinski definition) is 1. The maximum absolute atomic E-state index is 11.6. The molecule has 4 aliphatic carbocycles. The van der Waals surface area contributed by atoms with Crippen molar-refractivity contribution in [2.75, 3.05) is 13.2 Å². The molecular formula is C26H40O5. The second-order valence-corrected chi connectivity index (χ2v) is 12.9. The lowest BCUT2D eigenvalue weighted by Crippen LogP contribution is -2.65. The SMILES string of the molecule is CC1(C)OC[C@]2(C)[C@@H](CC[C@@]3(C)[C@H]2CC=C2[C@H](O)[C@@H]4C[C@@]23CC[C@]42COC(C)(C)O2)O1. The van der Waals surface area contributed by atoms with E-state index < -0.39 is 17.7 Å². The highest BCUT2D eigenvalue weighted by atomic mass is 16.8. The highest BCUT2D eigenvalue weighted by molar-refractivity contribution is 5.38. The largest absolute Gasteiger partial charge is 0.388 e. The average Bonchev–Trinajstić information content (AvgIpc) is 3.13. The number of hydrogen-bond acceptors (Lipinski definition) is 5. The molecule has 2 heterocycles. The molecule has 0 radical (unpaired) electrons. The van der Waals surface area contributed by atoms with E-state index in [2.05, 4.69) is 19.9 Å². The lowest BCUT2D eigenvalue weighted by molar-refractivity contribution is -0.346. The Hall–Kier alpha value is -0.460. The lowest BCUT2D eigenvalue weighted by Gasteiger charge is -2.66.